The summed E-state index contributed by atoms with van der Waals surface area (Å²) >= 11 is 0. The number of hydrogen-bond acceptors (Lipinski definition) is 2. The van der Waals surface area contributed by atoms with Gasteiger partial charge in [-0.05, 0) is 81.6 Å². The topological polar surface area (TPSA) is 15.3 Å². The average molecular weight is 262 g/mol. The minimum atomic E-state index is 0.752. The molecule has 5 fully saturated rings. The lowest BCUT2D eigenvalue weighted by Crippen LogP contribution is -2.52. The van der Waals surface area contributed by atoms with Crippen molar-refractivity contribution in [2.75, 3.05) is 26.2 Å². The first-order chi connectivity index (χ1) is 9.22. The van der Waals surface area contributed by atoms with Gasteiger partial charge in [0.2, 0.25) is 0 Å². The zero-order valence-corrected chi connectivity index (χ0v) is 12.5. The third-order valence-electron chi connectivity index (χ3n) is 6.73. The Labute approximate surface area is 118 Å². The van der Waals surface area contributed by atoms with Crippen molar-refractivity contribution in [3.8, 4) is 0 Å². The largest absolute Gasteiger partial charge is 0.314 e. The van der Waals surface area contributed by atoms with E-state index in [1.807, 2.05) is 0 Å². The first kappa shape index (κ1) is 12.6. The predicted molar refractivity (Wildman–Crippen MR) is 79.1 cm³/mol. The molecule has 108 valence electrons. The monoisotopic (exact) mass is 262 g/mol. The molecule has 1 atom stereocenters. The number of hydrogen-bond donors (Lipinski definition) is 1. The lowest BCUT2D eigenvalue weighted by Gasteiger charge is -2.57. The Morgan fingerprint density at radius 3 is 2.26 bits per heavy atom. The van der Waals surface area contributed by atoms with E-state index >= 15 is 0 Å². The van der Waals surface area contributed by atoms with Crippen molar-refractivity contribution in [1.82, 2.24) is 10.2 Å². The number of nitrogens with zero attached hydrogens (tertiary/aromatic N) is 1. The van der Waals surface area contributed by atoms with Crippen LogP contribution in [0.25, 0.3) is 0 Å². The second-order valence-electron chi connectivity index (χ2n) is 8.26. The van der Waals surface area contributed by atoms with Gasteiger partial charge in [0, 0.05) is 25.7 Å². The molecule has 2 heteroatoms. The molecule has 0 aromatic rings. The van der Waals surface area contributed by atoms with E-state index in [-0.39, 0.29) is 0 Å². The van der Waals surface area contributed by atoms with E-state index in [9.17, 15) is 0 Å². The number of rotatable bonds is 3. The lowest BCUT2D eigenvalue weighted by atomic mass is 9.49. The highest BCUT2D eigenvalue weighted by atomic mass is 15.2. The zero-order valence-electron chi connectivity index (χ0n) is 12.5. The van der Waals surface area contributed by atoms with Crippen molar-refractivity contribution >= 4 is 0 Å². The second kappa shape index (κ2) is 4.73. The Morgan fingerprint density at radius 1 is 1.05 bits per heavy atom. The first-order valence-electron chi connectivity index (χ1n) is 8.67. The van der Waals surface area contributed by atoms with E-state index in [4.69, 9.17) is 0 Å². The quantitative estimate of drug-likeness (QED) is 0.841. The van der Waals surface area contributed by atoms with E-state index in [0.717, 1.165) is 29.2 Å². The fraction of sp³-hybridized carbons (Fsp3) is 1.00. The smallest absolute Gasteiger partial charge is 0.0192 e. The van der Waals surface area contributed by atoms with Gasteiger partial charge in [-0.15, -0.1) is 0 Å². The van der Waals surface area contributed by atoms with Crippen molar-refractivity contribution in [3.63, 3.8) is 0 Å². The highest BCUT2D eigenvalue weighted by Crippen LogP contribution is 2.61. The minimum Gasteiger partial charge on any atom is -0.314 e. The highest BCUT2D eigenvalue weighted by molar-refractivity contribution is 5.01. The molecular formula is C17H30N2. The summed E-state index contributed by atoms with van der Waals surface area (Å²) in [7, 11) is 0. The van der Waals surface area contributed by atoms with E-state index in [0.29, 0.717) is 0 Å². The van der Waals surface area contributed by atoms with Gasteiger partial charge in [-0.2, -0.15) is 0 Å². The van der Waals surface area contributed by atoms with Crippen LogP contribution in [0.1, 0.15) is 51.9 Å². The molecule has 2 nitrogen and oxygen atoms in total. The summed E-state index contributed by atoms with van der Waals surface area (Å²) in [6.07, 6.45) is 11.0. The average Bonchev–Trinajstić information content (AvgIpc) is 2.36. The minimum absolute atomic E-state index is 0.752. The molecule has 0 spiro atoms. The molecule has 4 saturated carbocycles. The van der Waals surface area contributed by atoms with Crippen molar-refractivity contribution in [2.24, 2.45) is 23.2 Å². The Balaban J connectivity index is 1.39. The van der Waals surface area contributed by atoms with Crippen molar-refractivity contribution in [2.45, 2.75) is 57.9 Å². The Morgan fingerprint density at radius 2 is 1.68 bits per heavy atom. The maximum atomic E-state index is 3.52. The van der Waals surface area contributed by atoms with E-state index in [2.05, 4.69) is 17.1 Å². The predicted octanol–water partition coefficient (Wildman–Crippen LogP) is 2.89. The molecule has 0 amide bonds. The van der Waals surface area contributed by atoms with Crippen LogP contribution >= 0.6 is 0 Å². The highest BCUT2D eigenvalue weighted by Gasteiger charge is 2.50. The maximum Gasteiger partial charge on any atom is 0.0192 e. The molecule has 1 heterocycles. The van der Waals surface area contributed by atoms with Gasteiger partial charge in [-0.3, -0.25) is 4.90 Å². The summed E-state index contributed by atoms with van der Waals surface area (Å²) < 4.78 is 0. The molecule has 0 aromatic heterocycles. The van der Waals surface area contributed by atoms with Gasteiger partial charge in [0.25, 0.3) is 0 Å². The third-order valence-corrected chi connectivity index (χ3v) is 6.73. The molecular weight excluding hydrogens is 232 g/mol. The summed E-state index contributed by atoms with van der Waals surface area (Å²) in [4.78, 5) is 2.75. The first-order valence-corrected chi connectivity index (χ1v) is 8.67. The summed E-state index contributed by atoms with van der Waals surface area (Å²) in [5, 5.41) is 3.52. The van der Waals surface area contributed by atoms with E-state index < -0.39 is 0 Å². The maximum absolute atomic E-state index is 3.52. The molecule has 0 unspecified atom stereocenters. The Bertz CT molecular complexity index is 303. The molecule has 5 rings (SSSR count). The summed E-state index contributed by atoms with van der Waals surface area (Å²) in [5.74, 6) is 3.35. The van der Waals surface area contributed by atoms with Crippen LogP contribution in [-0.2, 0) is 0 Å². The van der Waals surface area contributed by atoms with Gasteiger partial charge in [0.1, 0.15) is 0 Å². The number of nitrogens with one attached hydrogen (secondary N) is 1. The van der Waals surface area contributed by atoms with E-state index in [1.54, 1.807) is 38.5 Å². The third kappa shape index (κ3) is 2.35. The van der Waals surface area contributed by atoms with Crippen LogP contribution in [-0.4, -0.2) is 37.1 Å². The molecule has 0 aromatic carbocycles. The molecule has 5 aliphatic rings. The molecule has 4 aliphatic carbocycles. The van der Waals surface area contributed by atoms with Crippen molar-refractivity contribution < 1.29 is 0 Å². The van der Waals surface area contributed by atoms with Gasteiger partial charge < -0.3 is 5.32 Å². The molecule has 4 bridgehead atoms. The fourth-order valence-electron chi connectivity index (χ4n) is 6.19. The van der Waals surface area contributed by atoms with Crippen molar-refractivity contribution in [1.29, 1.82) is 0 Å². The zero-order chi connectivity index (χ0) is 12.9. The molecule has 19 heavy (non-hydrogen) atoms. The standard InChI is InChI=1S/C17H30N2/c1-13-12-18-3-5-19(13)4-2-17-9-14-6-15(10-17)8-16(7-14)11-17/h13-16,18H,2-12H2,1H3/t13-,14?,15?,16?,17?/m0/s1. The van der Waals surface area contributed by atoms with Gasteiger partial charge >= 0.3 is 0 Å². The van der Waals surface area contributed by atoms with Crippen LogP contribution < -0.4 is 5.32 Å². The second-order valence-corrected chi connectivity index (χ2v) is 8.26. The summed E-state index contributed by atoms with van der Waals surface area (Å²) in [5.41, 5.74) is 0.777. The molecule has 1 saturated heterocycles. The Kier molecular flexibility index (Phi) is 3.15. The van der Waals surface area contributed by atoms with Crippen LogP contribution in [0.15, 0.2) is 0 Å². The van der Waals surface area contributed by atoms with Gasteiger partial charge in [0.15, 0.2) is 0 Å². The molecule has 0 radical (unpaired) electrons. The fourth-order valence-corrected chi connectivity index (χ4v) is 6.19. The van der Waals surface area contributed by atoms with E-state index in [1.165, 1.54) is 32.6 Å². The van der Waals surface area contributed by atoms with Gasteiger partial charge in [-0.25, -0.2) is 0 Å². The van der Waals surface area contributed by atoms with Crippen LogP contribution in [0.2, 0.25) is 0 Å². The lowest BCUT2D eigenvalue weighted by molar-refractivity contribution is -0.0626. The van der Waals surface area contributed by atoms with Crippen LogP contribution in [0, 0.1) is 23.2 Å². The van der Waals surface area contributed by atoms with Crippen LogP contribution in [0.4, 0.5) is 0 Å². The Hall–Kier alpha value is -0.0800. The molecule has 1 N–H and O–H groups in total. The van der Waals surface area contributed by atoms with Gasteiger partial charge in [-0.1, -0.05) is 0 Å². The summed E-state index contributed by atoms with van der Waals surface area (Å²) in [6.45, 7) is 7.43. The van der Waals surface area contributed by atoms with Crippen LogP contribution in [0.3, 0.4) is 0 Å². The molecule has 1 aliphatic heterocycles. The van der Waals surface area contributed by atoms with Crippen LogP contribution in [0.5, 0.6) is 0 Å². The van der Waals surface area contributed by atoms with Gasteiger partial charge in [0.05, 0.1) is 0 Å². The van der Waals surface area contributed by atoms with Crippen molar-refractivity contribution in [3.05, 3.63) is 0 Å². The normalized spacial score (nSPS) is 49.7. The number of piperazine rings is 1. The SMILES string of the molecule is C[C@H]1CNCCN1CCC12CC3CC(CC(C3)C1)C2. The summed E-state index contributed by atoms with van der Waals surface area (Å²) in [6, 6.07) is 0.752.